The van der Waals surface area contributed by atoms with Gasteiger partial charge < -0.3 is 9.47 Å². The first-order valence-electron chi connectivity index (χ1n) is 22.5. The average Bonchev–Trinajstić information content (AvgIpc) is 3.52. The molecule has 2 aliphatic rings. The number of benzene rings is 7. The maximum absolute atomic E-state index is 6.99. The van der Waals surface area contributed by atoms with Gasteiger partial charge in [-0.1, -0.05) is 148 Å². The van der Waals surface area contributed by atoms with Gasteiger partial charge in [0.05, 0.1) is 12.6 Å². The summed E-state index contributed by atoms with van der Waals surface area (Å²) in [4.78, 5) is 0. The molecule has 0 saturated heterocycles. The summed E-state index contributed by atoms with van der Waals surface area (Å²) in [5.74, 6) is 5.52. The summed E-state index contributed by atoms with van der Waals surface area (Å²) in [7, 11) is 2.21. The Bertz CT molecular complexity index is 3080. The molecule has 3 heterocycles. The van der Waals surface area contributed by atoms with Gasteiger partial charge in [-0.2, -0.15) is 4.57 Å². The number of fused-ring (bicyclic) bond motifs is 7. The van der Waals surface area contributed by atoms with Gasteiger partial charge in [-0.05, 0) is 116 Å². The predicted molar refractivity (Wildman–Crippen MR) is 261 cm³/mol. The molecule has 7 aromatic carbocycles. The van der Waals surface area contributed by atoms with E-state index in [0.717, 1.165) is 44.8 Å². The van der Waals surface area contributed by atoms with Crippen molar-refractivity contribution < 1.29 is 14.0 Å². The molecule has 2 aliphatic heterocycles. The third kappa shape index (κ3) is 6.30. The van der Waals surface area contributed by atoms with Gasteiger partial charge in [0.25, 0.3) is 12.5 Å². The van der Waals surface area contributed by atoms with E-state index in [1.165, 1.54) is 72.4 Å². The maximum Gasteiger partial charge on any atom is 0.295 e. The molecule has 4 nitrogen and oxygen atoms in total. The van der Waals surface area contributed by atoms with Gasteiger partial charge in [0.15, 0.2) is 11.0 Å². The van der Waals surface area contributed by atoms with Gasteiger partial charge in [0, 0.05) is 22.0 Å². The fourth-order valence-electron chi connectivity index (χ4n) is 10.1. The Morgan fingerprint density at radius 2 is 1.19 bits per heavy atom. The van der Waals surface area contributed by atoms with Crippen LogP contribution >= 0.6 is 0 Å². The Labute approximate surface area is 368 Å². The van der Waals surface area contributed by atoms with E-state index in [1.807, 2.05) is 0 Å². The van der Waals surface area contributed by atoms with E-state index in [2.05, 4.69) is 214 Å². The van der Waals surface area contributed by atoms with Gasteiger partial charge in [-0.15, -0.1) is 0 Å². The molecule has 0 radical (unpaired) electrons. The fourth-order valence-corrected chi connectivity index (χ4v) is 10.1. The highest BCUT2D eigenvalue weighted by molar-refractivity contribution is 6.98. The summed E-state index contributed by atoms with van der Waals surface area (Å²) in [6.45, 7) is 25.2. The van der Waals surface area contributed by atoms with E-state index in [9.17, 15) is 0 Å². The number of aromatic nitrogens is 2. The Morgan fingerprint density at radius 1 is 0.597 bits per heavy atom. The molecule has 0 atom stereocenters. The molecule has 8 aromatic rings. The van der Waals surface area contributed by atoms with Crippen molar-refractivity contribution in [1.29, 1.82) is 0 Å². The lowest BCUT2D eigenvalue weighted by molar-refractivity contribution is -0.633. The van der Waals surface area contributed by atoms with E-state index in [1.54, 1.807) is 0 Å². The Morgan fingerprint density at radius 3 is 1.81 bits per heavy atom. The lowest BCUT2D eigenvalue weighted by Gasteiger charge is -2.35. The molecule has 310 valence electrons. The van der Waals surface area contributed by atoms with Crippen molar-refractivity contribution in [3.8, 4) is 51.2 Å². The Hall–Kier alpha value is -6.07. The van der Waals surface area contributed by atoms with Gasteiger partial charge in [0.1, 0.15) is 28.7 Å². The van der Waals surface area contributed by atoms with Crippen molar-refractivity contribution in [2.75, 3.05) is 0 Å². The van der Waals surface area contributed by atoms with Gasteiger partial charge >= 0.3 is 0 Å². The molecule has 0 spiro atoms. The summed E-state index contributed by atoms with van der Waals surface area (Å²) in [5, 5.41) is 2.19. The molecule has 62 heavy (non-hydrogen) atoms. The van der Waals surface area contributed by atoms with Crippen molar-refractivity contribution in [2.45, 2.75) is 98.8 Å². The summed E-state index contributed by atoms with van der Waals surface area (Å²) in [6, 6.07) is 45.3. The molecule has 0 N–H and O–H groups in total. The highest BCUT2D eigenvalue weighted by Crippen LogP contribution is 2.43. The summed E-state index contributed by atoms with van der Waals surface area (Å²) in [6.07, 6.45) is 0. The van der Waals surface area contributed by atoms with Crippen LogP contribution in [0, 0.1) is 6.92 Å². The lowest BCUT2D eigenvalue weighted by atomic mass is 9.34. The first-order chi connectivity index (χ1) is 29.5. The second kappa shape index (κ2) is 14.2. The summed E-state index contributed by atoms with van der Waals surface area (Å²) in [5.41, 5.74) is 17.3. The molecule has 0 saturated carbocycles. The average molecular weight is 814 g/mol. The SMILES string of the molecule is Cc1cc(-c2ccc3c4c5c(cc3c2)Oc2ccc(C(C)(C)C)cc2B5c2cc(C(C)(C)C)ccc2O4)ccc1-c1n(-c2c(C(C)C)cccc2C(C)C)c2ccccc2[n+]1C. The smallest absolute Gasteiger partial charge is 0.295 e. The standard InChI is InChI=1S/C57H58BN2O2/c1-33(2)41-16-15-17-42(34(3)4)53(41)60-48-19-14-13-18-47(48)59(12)55(60)43-24-20-36(28-35(43)5)37-21-25-44-38(29-37)30-51-52-54(44)62-50-27-23-40(57(9,10)11)32-46(50)58(52)45-31-39(56(6,7)8)22-26-49(45)61-51/h13-34H,1-12H3/q+1. The van der Waals surface area contributed by atoms with Crippen LogP contribution < -0.4 is 30.4 Å². The minimum Gasteiger partial charge on any atom is -0.458 e. The van der Waals surface area contributed by atoms with Gasteiger partial charge in [-0.3, -0.25) is 0 Å². The molecule has 1 aromatic heterocycles. The number of imidazole rings is 1. The lowest BCUT2D eigenvalue weighted by Crippen LogP contribution is -2.57. The zero-order chi connectivity index (χ0) is 43.6. The first-order valence-corrected chi connectivity index (χ1v) is 22.5. The van der Waals surface area contributed by atoms with E-state index < -0.39 is 0 Å². The van der Waals surface area contributed by atoms with Crippen LogP contribution in [0.4, 0.5) is 0 Å². The van der Waals surface area contributed by atoms with Crippen molar-refractivity contribution in [3.63, 3.8) is 0 Å². The van der Waals surface area contributed by atoms with Crippen molar-refractivity contribution in [3.05, 3.63) is 149 Å². The van der Waals surface area contributed by atoms with Crippen molar-refractivity contribution in [2.24, 2.45) is 7.05 Å². The Balaban J connectivity index is 1.11. The minimum atomic E-state index is -0.00239. The molecule has 0 unspecified atom stereocenters. The number of rotatable bonds is 5. The summed E-state index contributed by atoms with van der Waals surface area (Å²) < 4.78 is 18.8. The second-order valence-corrected chi connectivity index (χ2v) is 20.5. The van der Waals surface area contributed by atoms with E-state index in [0.29, 0.717) is 11.8 Å². The summed E-state index contributed by atoms with van der Waals surface area (Å²) >= 11 is 0. The third-order valence-corrected chi connectivity index (χ3v) is 13.6. The van der Waals surface area contributed by atoms with E-state index >= 15 is 0 Å². The molecule has 0 bridgehead atoms. The van der Waals surface area contributed by atoms with Crippen LogP contribution in [0.1, 0.15) is 109 Å². The number of aryl methyl sites for hydroxylation is 2. The quantitative estimate of drug-likeness (QED) is 0.128. The van der Waals surface area contributed by atoms with Crippen LogP contribution in [0.2, 0.25) is 0 Å². The monoisotopic (exact) mass is 813 g/mol. The third-order valence-electron chi connectivity index (χ3n) is 13.6. The van der Waals surface area contributed by atoms with E-state index in [4.69, 9.17) is 9.47 Å². The largest absolute Gasteiger partial charge is 0.458 e. The highest BCUT2D eigenvalue weighted by atomic mass is 16.5. The topological polar surface area (TPSA) is 27.3 Å². The van der Waals surface area contributed by atoms with Crippen LogP contribution in [0.5, 0.6) is 23.0 Å². The van der Waals surface area contributed by atoms with Crippen LogP contribution in [-0.2, 0) is 17.9 Å². The normalized spacial score (nSPS) is 13.4. The molecule has 5 heteroatoms. The van der Waals surface area contributed by atoms with E-state index in [-0.39, 0.29) is 17.5 Å². The predicted octanol–water partition coefficient (Wildman–Crippen LogP) is 12.8. The van der Waals surface area contributed by atoms with Crippen LogP contribution in [0.25, 0.3) is 50.0 Å². The molecular weight excluding hydrogens is 755 g/mol. The highest BCUT2D eigenvalue weighted by Gasteiger charge is 2.42. The zero-order valence-electron chi connectivity index (χ0n) is 38.5. The van der Waals surface area contributed by atoms with Gasteiger partial charge in [-0.25, -0.2) is 4.57 Å². The number of hydrogen-bond acceptors (Lipinski definition) is 2. The molecule has 0 fully saturated rings. The molecule has 10 rings (SSSR count). The maximum atomic E-state index is 6.99. The van der Waals surface area contributed by atoms with Crippen LogP contribution in [-0.4, -0.2) is 11.3 Å². The van der Waals surface area contributed by atoms with Crippen LogP contribution in [0.3, 0.4) is 0 Å². The Kier molecular flexibility index (Phi) is 9.19. The van der Waals surface area contributed by atoms with Crippen LogP contribution in [0.15, 0.2) is 121 Å². The molecular formula is C57H58BN2O2+. The zero-order valence-corrected chi connectivity index (χ0v) is 38.5. The number of ether oxygens (including phenoxy) is 2. The van der Waals surface area contributed by atoms with Crippen molar-refractivity contribution in [1.82, 2.24) is 4.57 Å². The number of nitrogens with zero attached hydrogens (tertiary/aromatic N) is 2. The molecule has 0 aliphatic carbocycles. The van der Waals surface area contributed by atoms with Crippen molar-refractivity contribution >= 4 is 44.9 Å². The second-order valence-electron chi connectivity index (χ2n) is 20.5. The number of hydrogen-bond donors (Lipinski definition) is 0. The molecule has 0 amide bonds. The van der Waals surface area contributed by atoms with Gasteiger partial charge in [0.2, 0.25) is 0 Å². The first kappa shape index (κ1) is 40.0. The fraction of sp³-hybridized carbons (Fsp3) is 0.281. The minimum absolute atomic E-state index is 0.00228. The number of para-hydroxylation sites is 3.